The quantitative estimate of drug-likeness (QED) is 0.368. The summed E-state index contributed by atoms with van der Waals surface area (Å²) in [6.07, 6.45) is -1.24. The lowest BCUT2D eigenvalue weighted by atomic mass is 10.0. The second-order valence-electron chi connectivity index (χ2n) is 7.90. The molecule has 3 aromatic carbocycles. The molecule has 0 heterocycles. The topological polar surface area (TPSA) is 71.3 Å². The van der Waals surface area contributed by atoms with Crippen molar-refractivity contribution in [1.82, 2.24) is 0 Å². The second-order valence-corrected chi connectivity index (χ2v) is 8.31. The third-order valence-electron chi connectivity index (χ3n) is 4.94. The van der Waals surface area contributed by atoms with Crippen LogP contribution in [0.3, 0.4) is 0 Å². The number of nitriles is 1. The molecule has 33 heavy (non-hydrogen) atoms. The van der Waals surface area contributed by atoms with E-state index < -0.39 is 23.9 Å². The Morgan fingerprint density at radius 2 is 1.82 bits per heavy atom. The Morgan fingerprint density at radius 1 is 1.09 bits per heavy atom. The summed E-state index contributed by atoms with van der Waals surface area (Å²) >= 11 is 6.29. The lowest BCUT2D eigenvalue weighted by molar-refractivity contribution is -0.148. The van der Waals surface area contributed by atoms with E-state index in [2.05, 4.69) is 5.32 Å². The first-order valence-electron chi connectivity index (χ1n) is 10.4. The minimum Gasteiger partial charge on any atom is -0.454 e. The van der Waals surface area contributed by atoms with Gasteiger partial charge in [0.2, 0.25) is 6.10 Å². The van der Waals surface area contributed by atoms with Crippen LogP contribution in [0, 0.1) is 30.0 Å². The molecule has 0 spiro atoms. The van der Waals surface area contributed by atoms with Gasteiger partial charge in [-0.15, -0.1) is 0 Å². The van der Waals surface area contributed by atoms with Crippen LogP contribution in [0.2, 0.25) is 5.02 Å². The zero-order valence-electron chi connectivity index (χ0n) is 18.5. The van der Waals surface area contributed by atoms with Crippen LogP contribution in [0.1, 0.15) is 31.1 Å². The first-order chi connectivity index (χ1) is 15.8. The molecule has 2 unspecified atom stereocenters. The molecule has 170 valence electrons. The van der Waals surface area contributed by atoms with Gasteiger partial charge in [0.05, 0.1) is 10.7 Å². The third-order valence-corrected chi connectivity index (χ3v) is 5.25. The Kier molecular flexibility index (Phi) is 7.92. The Bertz CT molecular complexity index is 1160. The number of para-hydroxylation sites is 1. The van der Waals surface area contributed by atoms with E-state index in [1.54, 1.807) is 36.4 Å². The fourth-order valence-electron chi connectivity index (χ4n) is 3.14. The number of hydrogen-bond donors (Lipinski definition) is 1. The van der Waals surface area contributed by atoms with Gasteiger partial charge < -0.3 is 14.8 Å². The first kappa shape index (κ1) is 24.1. The summed E-state index contributed by atoms with van der Waals surface area (Å²) in [5, 5.41) is 13.2. The van der Waals surface area contributed by atoms with E-state index in [4.69, 9.17) is 21.1 Å². The van der Waals surface area contributed by atoms with E-state index >= 15 is 0 Å². The summed E-state index contributed by atoms with van der Waals surface area (Å²) in [6.45, 7) is 5.62. The highest BCUT2D eigenvalue weighted by Crippen LogP contribution is 2.30. The van der Waals surface area contributed by atoms with Crippen LogP contribution >= 0.6 is 11.6 Å². The van der Waals surface area contributed by atoms with Crippen molar-refractivity contribution in [3.05, 3.63) is 88.7 Å². The van der Waals surface area contributed by atoms with Gasteiger partial charge in [-0.05, 0) is 54.8 Å². The van der Waals surface area contributed by atoms with Gasteiger partial charge in [-0.1, -0.05) is 55.8 Å². The fraction of sp³-hybridized carbons (Fsp3) is 0.231. The molecular formula is C26H24ClFN2O3. The Morgan fingerprint density at radius 3 is 2.45 bits per heavy atom. The number of halogens is 2. The summed E-state index contributed by atoms with van der Waals surface area (Å²) in [5.74, 6) is -0.998. The van der Waals surface area contributed by atoms with Gasteiger partial charge in [-0.2, -0.15) is 5.26 Å². The number of carbonyl (C=O) groups is 1. The molecule has 0 radical (unpaired) electrons. The lowest BCUT2D eigenvalue weighted by Gasteiger charge is -2.24. The molecule has 0 aliphatic rings. The molecular weight excluding hydrogens is 443 g/mol. The van der Waals surface area contributed by atoms with Crippen molar-refractivity contribution in [2.24, 2.45) is 5.92 Å². The number of aryl methyl sites for hydroxylation is 1. The molecule has 3 rings (SSSR count). The SMILES string of the molecule is Cc1ccc(NC(C(=O)OC(C#N)c2ccc(F)c(Oc3ccccc3)c2)C(C)C)c(Cl)c1. The molecule has 0 bridgehead atoms. The monoisotopic (exact) mass is 466 g/mol. The summed E-state index contributed by atoms with van der Waals surface area (Å²) in [5.41, 5.74) is 1.88. The van der Waals surface area contributed by atoms with Crippen molar-refractivity contribution in [3.63, 3.8) is 0 Å². The largest absolute Gasteiger partial charge is 0.454 e. The number of nitrogens with zero attached hydrogens (tertiary/aromatic N) is 1. The van der Waals surface area contributed by atoms with Crippen LogP contribution in [0.4, 0.5) is 10.1 Å². The highest BCUT2D eigenvalue weighted by molar-refractivity contribution is 6.33. The van der Waals surface area contributed by atoms with Gasteiger partial charge in [0, 0.05) is 5.56 Å². The van der Waals surface area contributed by atoms with Crippen molar-refractivity contribution in [2.45, 2.75) is 32.9 Å². The Hall–Kier alpha value is -3.56. The number of ether oxygens (including phenoxy) is 2. The highest BCUT2D eigenvalue weighted by Gasteiger charge is 2.28. The summed E-state index contributed by atoms with van der Waals surface area (Å²) < 4.78 is 25.4. The van der Waals surface area contributed by atoms with Gasteiger partial charge >= 0.3 is 5.97 Å². The van der Waals surface area contributed by atoms with E-state index in [1.807, 2.05) is 39.0 Å². The van der Waals surface area contributed by atoms with E-state index in [0.717, 1.165) is 5.56 Å². The highest BCUT2D eigenvalue weighted by atomic mass is 35.5. The van der Waals surface area contributed by atoms with Crippen LogP contribution in [0.25, 0.3) is 0 Å². The second kappa shape index (κ2) is 10.8. The Labute approximate surface area is 197 Å². The number of benzene rings is 3. The summed E-state index contributed by atoms with van der Waals surface area (Å²) in [6, 6.07) is 19.3. The van der Waals surface area contributed by atoms with E-state index in [0.29, 0.717) is 22.0 Å². The molecule has 0 aliphatic heterocycles. The third kappa shape index (κ3) is 6.24. The van der Waals surface area contributed by atoms with E-state index in [1.165, 1.54) is 18.2 Å². The number of anilines is 1. The fourth-order valence-corrected chi connectivity index (χ4v) is 3.43. The van der Waals surface area contributed by atoms with Gasteiger partial charge in [0.1, 0.15) is 17.9 Å². The minimum atomic E-state index is -1.24. The van der Waals surface area contributed by atoms with Crippen LogP contribution < -0.4 is 10.1 Å². The predicted molar refractivity (Wildman–Crippen MR) is 126 cm³/mol. The predicted octanol–water partition coefficient (Wildman–Crippen LogP) is 6.82. The molecule has 0 saturated heterocycles. The molecule has 0 aromatic heterocycles. The van der Waals surface area contributed by atoms with Crippen LogP contribution in [0.5, 0.6) is 11.5 Å². The minimum absolute atomic E-state index is 0.0695. The summed E-state index contributed by atoms with van der Waals surface area (Å²) in [7, 11) is 0. The number of carbonyl (C=O) groups excluding carboxylic acids is 1. The molecule has 3 aromatic rings. The molecule has 5 nitrogen and oxygen atoms in total. The lowest BCUT2D eigenvalue weighted by Crippen LogP contribution is -2.36. The molecule has 0 aliphatic carbocycles. The maximum atomic E-state index is 14.3. The van der Waals surface area contributed by atoms with Crippen LogP contribution in [-0.2, 0) is 9.53 Å². The molecule has 0 saturated carbocycles. The van der Waals surface area contributed by atoms with Gasteiger partial charge in [-0.3, -0.25) is 0 Å². The average molecular weight is 467 g/mol. The van der Waals surface area contributed by atoms with Crippen LogP contribution in [0.15, 0.2) is 66.7 Å². The zero-order chi connectivity index (χ0) is 24.0. The average Bonchev–Trinajstić information content (AvgIpc) is 2.79. The normalized spacial score (nSPS) is 12.5. The number of nitrogens with one attached hydrogen (secondary N) is 1. The zero-order valence-corrected chi connectivity index (χ0v) is 19.3. The van der Waals surface area contributed by atoms with Crippen molar-refractivity contribution in [2.75, 3.05) is 5.32 Å². The number of esters is 1. The smallest absolute Gasteiger partial charge is 0.330 e. The summed E-state index contributed by atoms with van der Waals surface area (Å²) in [4.78, 5) is 13.0. The molecule has 0 fully saturated rings. The maximum absolute atomic E-state index is 14.3. The Balaban J connectivity index is 1.79. The van der Waals surface area contributed by atoms with Crippen molar-refractivity contribution < 1.29 is 18.7 Å². The first-order valence-corrected chi connectivity index (χ1v) is 10.8. The molecule has 0 amide bonds. The number of hydrogen-bond acceptors (Lipinski definition) is 5. The molecule has 2 atom stereocenters. The maximum Gasteiger partial charge on any atom is 0.330 e. The standard InChI is InChI=1S/C26H24ClFN2O3/c1-16(2)25(30-22-12-9-17(3)13-20(22)27)26(31)33-24(15-29)18-10-11-21(28)23(14-18)32-19-7-5-4-6-8-19/h4-14,16,24-25,30H,1-3H3. The van der Waals surface area contributed by atoms with E-state index in [9.17, 15) is 14.4 Å². The van der Waals surface area contributed by atoms with Gasteiger partial charge in [0.15, 0.2) is 11.6 Å². The molecule has 1 N–H and O–H groups in total. The number of rotatable bonds is 8. The van der Waals surface area contributed by atoms with Crippen molar-refractivity contribution in [1.29, 1.82) is 5.26 Å². The van der Waals surface area contributed by atoms with Gasteiger partial charge in [-0.25, -0.2) is 9.18 Å². The van der Waals surface area contributed by atoms with Gasteiger partial charge in [0.25, 0.3) is 0 Å². The van der Waals surface area contributed by atoms with Crippen molar-refractivity contribution in [3.8, 4) is 17.6 Å². The van der Waals surface area contributed by atoms with Crippen LogP contribution in [-0.4, -0.2) is 12.0 Å². The van der Waals surface area contributed by atoms with Crippen molar-refractivity contribution >= 4 is 23.3 Å². The molecule has 7 heteroatoms. The van der Waals surface area contributed by atoms with E-state index in [-0.39, 0.29) is 11.7 Å².